The molecule has 0 aromatic carbocycles. The van der Waals surface area contributed by atoms with Gasteiger partial charge in [-0.15, -0.1) is 0 Å². The molecule has 0 heterocycles. The molecule has 0 saturated carbocycles. The van der Waals surface area contributed by atoms with Crippen molar-refractivity contribution < 1.29 is 27.2 Å². The maximum atomic E-state index is 11.7. The molecule has 0 rings (SSSR count). The molecule has 0 aliphatic carbocycles. The summed E-state index contributed by atoms with van der Waals surface area (Å²) in [5.41, 5.74) is 0. The Labute approximate surface area is 74.4 Å². The first-order valence-electron chi connectivity index (χ1n) is 3.71. The van der Waals surface area contributed by atoms with Crippen molar-refractivity contribution in [3.63, 3.8) is 0 Å². The average molecular weight is 220 g/mol. The van der Waals surface area contributed by atoms with Gasteiger partial charge >= 0.3 is 13.5 Å². The highest BCUT2D eigenvalue weighted by Crippen LogP contribution is 2.58. The topological polar surface area (TPSA) is 46.5 Å². The summed E-state index contributed by atoms with van der Waals surface area (Å²) in [5.74, 6) is -5.04. The molecule has 7 heteroatoms. The molecule has 13 heavy (non-hydrogen) atoms. The predicted molar refractivity (Wildman–Crippen MR) is 41.3 cm³/mol. The van der Waals surface area contributed by atoms with Crippen molar-refractivity contribution in [2.45, 2.75) is 26.2 Å². The van der Waals surface area contributed by atoms with Crippen molar-refractivity contribution in [3.05, 3.63) is 0 Å². The normalized spacial score (nSPS) is 17.5. The molecule has 3 nitrogen and oxygen atoms in total. The van der Waals surface area contributed by atoms with Crippen molar-refractivity contribution in [3.8, 4) is 0 Å². The van der Waals surface area contributed by atoms with Gasteiger partial charge < -0.3 is 9.42 Å². The lowest BCUT2D eigenvalue weighted by Crippen LogP contribution is -2.12. The number of rotatable bonds is 4. The van der Waals surface area contributed by atoms with Gasteiger partial charge in [0.25, 0.3) is 0 Å². The van der Waals surface area contributed by atoms with Gasteiger partial charge in [0.1, 0.15) is 0 Å². The standard InChI is InChI=1S/C6H12F3O3P/c1-5(2)3-4-12-13(10,11)6(7,8)9/h5H,3-4H2,1-2H3,(H,10,11). The summed E-state index contributed by atoms with van der Waals surface area (Å²) in [5, 5.41) is 0. The van der Waals surface area contributed by atoms with E-state index in [0.29, 0.717) is 6.42 Å². The number of hydrogen-bond donors (Lipinski definition) is 1. The minimum Gasteiger partial charge on any atom is -0.318 e. The Morgan fingerprint density at radius 2 is 1.92 bits per heavy atom. The molecule has 0 bridgehead atoms. The van der Waals surface area contributed by atoms with E-state index in [9.17, 15) is 17.7 Å². The Balaban J connectivity index is 3.99. The summed E-state index contributed by atoms with van der Waals surface area (Å²) in [4.78, 5) is 8.37. The van der Waals surface area contributed by atoms with Crippen molar-refractivity contribution in [1.82, 2.24) is 0 Å². The zero-order chi connectivity index (χ0) is 10.7. The quantitative estimate of drug-likeness (QED) is 0.741. The third-order valence-electron chi connectivity index (χ3n) is 1.28. The van der Waals surface area contributed by atoms with E-state index in [-0.39, 0.29) is 12.5 Å². The zero-order valence-corrected chi connectivity index (χ0v) is 8.23. The first-order valence-corrected chi connectivity index (χ1v) is 5.28. The van der Waals surface area contributed by atoms with Crippen LogP contribution in [0.1, 0.15) is 20.3 Å². The van der Waals surface area contributed by atoms with Crippen LogP contribution < -0.4 is 0 Å². The highest BCUT2D eigenvalue weighted by atomic mass is 31.2. The molecule has 1 unspecified atom stereocenters. The van der Waals surface area contributed by atoms with E-state index < -0.39 is 13.5 Å². The minimum atomic E-state index is -5.43. The lowest BCUT2D eigenvalue weighted by molar-refractivity contribution is -0.0709. The molecule has 0 fully saturated rings. The highest BCUT2D eigenvalue weighted by molar-refractivity contribution is 7.53. The fourth-order valence-electron chi connectivity index (χ4n) is 0.485. The average Bonchev–Trinajstić information content (AvgIpc) is 1.82. The second kappa shape index (κ2) is 4.44. The van der Waals surface area contributed by atoms with Gasteiger partial charge in [0, 0.05) is 0 Å². The van der Waals surface area contributed by atoms with Crippen LogP contribution in [0, 0.1) is 5.92 Å². The van der Waals surface area contributed by atoms with E-state index in [1.807, 2.05) is 0 Å². The molecular formula is C6H12F3O3P. The SMILES string of the molecule is CC(C)CCOP(=O)(O)C(F)(F)F. The van der Waals surface area contributed by atoms with E-state index in [2.05, 4.69) is 4.52 Å². The lowest BCUT2D eigenvalue weighted by Gasteiger charge is -2.15. The Kier molecular flexibility index (Phi) is 4.42. The van der Waals surface area contributed by atoms with Crippen molar-refractivity contribution in [1.29, 1.82) is 0 Å². The molecule has 0 aliphatic heterocycles. The van der Waals surface area contributed by atoms with Gasteiger partial charge in [0.05, 0.1) is 6.61 Å². The molecular weight excluding hydrogens is 208 g/mol. The fourth-order valence-corrected chi connectivity index (χ4v) is 0.985. The summed E-state index contributed by atoms with van der Waals surface area (Å²) in [6, 6.07) is 0. The second-order valence-corrected chi connectivity index (χ2v) is 4.81. The van der Waals surface area contributed by atoms with Crippen LogP contribution >= 0.6 is 7.60 Å². The van der Waals surface area contributed by atoms with Crippen LogP contribution in [-0.2, 0) is 9.09 Å². The molecule has 0 aromatic heterocycles. The van der Waals surface area contributed by atoms with Gasteiger partial charge in [0.15, 0.2) is 0 Å². The first-order chi connectivity index (χ1) is 5.67. The maximum Gasteiger partial charge on any atom is 0.493 e. The van der Waals surface area contributed by atoms with Gasteiger partial charge in [-0.2, -0.15) is 13.2 Å². The van der Waals surface area contributed by atoms with Crippen LogP contribution in [0.25, 0.3) is 0 Å². The van der Waals surface area contributed by atoms with Crippen molar-refractivity contribution >= 4 is 7.60 Å². The molecule has 0 aromatic rings. The van der Waals surface area contributed by atoms with E-state index in [1.54, 1.807) is 13.8 Å². The van der Waals surface area contributed by atoms with Gasteiger partial charge in [-0.1, -0.05) is 13.8 Å². The van der Waals surface area contributed by atoms with Gasteiger partial charge in [-0.3, -0.25) is 4.57 Å². The third kappa shape index (κ3) is 4.64. The molecule has 0 amide bonds. The van der Waals surface area contributed by atoms with Crippen molar-refractivity contribution in [2.75, 3.05) is 6.61 Å². The van der Waals surface area contributed by atoms with Gasteiger partial charge in [0.2, 0.25) is 0 Å². The van der Waals surface area contributed by atoms with Crippen LogP contribution in [-0.4, -0.2) is 17.4 Å². The minimum absolute atomic E-state index is 0.133. The number of hydrogen-bond acceptors (Lipinski definition) is 2. The molecule has 0 radical (unpaired) electrons. The Hall–Kier alpha value is -0.0600. The second-order valence-electron chi connectivity index (χ2n) is 3.00. The van der Waals surface area contributed by atoms with Crippen molar-refractivity contribution in [2.24, 2.45) is 5.92 Å². The molecule has 0 aliphatic rings. The summed E-state index contributed by atoms with van der Waals surface area (Å²) in [6.45, 7) is 3.20. The molecule has 1 atom stereocenters. The van der Waals surface area contributed by atoms with Crippen LogP contribution in [0.5, 0.6) is 0 Å². The van der Waals surface area contributed by atoms with Gasteiger partial charge in [-0.25, -0.2) is 0 Å². The molecule has 0 spiro atoms. The maximum absolute atomic E-state index is 11.7. The summed E-state index contributed by atoms with van der Waals surface area (Å²) < 4.78 is 49.5. The van der Waals surface area contributed by atoms with E-state index in [4.69, 9.17) is 4.89 Å². The smallest absolute Gasteiger partial charge is 0.318 e. The summed E-state index contributed by atoms with van der Waals surface area (Å²) in [6.07, 6.45) is 0.320. The van der Waals surface area contributed by atoms with Crippen LogP contribution in [0.2, 0.25) is 0 Å². The molecule has 80 valence electrons. The van der Waals surface area contributed by atoms with E-state index in [1.165, 1.54) is 0 Å². The third-order valence-corrected chi connectivity index (χ3v) is 2.46. The Morgan fingerprint density at radius 1 is 1.46 bits per heavy atom. The van der Waals surface area contributed by atoms with E-state index >= 15 is 0 Å². The Morgan fingerprint density at radius 3 is 2.23 bits per heavy atom. The first kappa shape index (κ1) is 12.9. The van der Waals surface area contributed by atoms with Crippen LogP contribution in [0.4, 0.5) is 13.2 Å². The monoisotopic (exact) mass is 220 g/mol. The fraction of sp³-hybridized carbons (Fsp3) is 1.00. The summed E-state index contributed by atoms with van der Waals surface area (Å²) in [7, 11) is -5.43. The largest absolute Gasteiger partial charge is 0.493 e. The van der Waals surface area contributed by atoms with Crippen LogP contribution in [0.15, 0.2) is 0 Å². The highest BCUT2D eigenvalue weighted by Gasteiger charge is 2.52. The van der Waals surface area contributed by atoms with Gasteiger partial charge in [-0.05, 0) is 12.3 Å². The number of halogens is 3. The lowest BCUT2D eigenvalue weighted by atomic mass is 10.2. The predicted octanol–water partition coefficient (Wildman–Crippen LogP) is 2.75. The number of alkyl halides is 3. The zero-order valence-electron chi connectivity index (χ0n) is 7.34. The molecule has 0 saturated heterocycles. The van der Waals surface area contributed by atoms with Crippen LogP contribution in [0.3, 0.4) is 0 Å². The summed E-state index contributed by atoms with van der Waals surface area (Å²) >= 11 is 0. The molecule has 1 N–H and O–H groups in total. The Bertz CT molecular complexity index is 202. The van der Waals surface area contributed by atoms with E-state index in [0.717, 1.165) is 0 Å².